The third kappa shape index (κ3) is 5.03. The minimum atomic E-state index is -0.870. The van der Waals surface area contributed by atoms with Gasteiger partial charge < -0.3 is 25.2 Å². The summed E-state index contributed by atoms with van der Waals surface area (Å²) in [6, 6.07) is -0.382. The molecule has 0 aromatic carbocycles. The van der Waals surface area contributed by atoms with E-state index < -0.39 is 42.1 Å². The number of fused-ring (bicyclic) bond motifs is 1. The highest BCUT2D eigenvalue weighted by atomic mass is 32.2. The van der Waals surface area contributed by atoms with Crippen molar-refractivity contribution in [2.24, 2.45) is 23.0 Å². The Bertz CT molecular complexity index is 1070. The van der Waals surface area contributed by atoms with Crippen LogP contribution in [0.3, 0.4) is 0 Å². The van der Waals surface area contributed by atoms with E-state index in [1.807, 2.05) is 6.92 Å². The van der Waals surface area contributed by atoms with Gasteiger partial charge in [0.05, 0.1) is 23.5 Å². The van der Waals surface area contributed by atoms with Crippen LogP contribution in [0.2, 0.25) is 0 Å². The second kappa shape index (κ2) is 9.88. The molecule has 0 unspecified atom stereocenters. The summed E-state index contributed by atoms with van der Waals surface area (Å²) < 4.78 is 10.2. The van der Waals surface area contributed by atoms with Crippen LogP contribution in [0.15, 0.2) is 22.2 Å². The van der Waals surface area contributed by atoms with E-state index in [0.29, 0.717) is 9.78 Å². The maximum absolute atomic E-state index is 12.9. The lowest BCUT2D eigenvalue weighted by Crippen LogP contribution is -2.63. The van der Waals surface area contributed by atoms with Crippen LogP contribution in [-0.2, 0) is 23.9 Å². The fourth-order valence-electron chi connectivity index (χ4n) is 3.74. The Hall–Kier alpha value is -2.70. The van der Waals surface area contributed by atoms with Gasteiger partial charge in [0.1, 0.15) is 5.70 Å². The lowest BCUT2D eigenvalue weighted by molar-refractivity contribution is -0.175. The Balaban J connectivity index is 1.80. The quantitative estimate of drug-likeness (QED) is 0.305. The maximum atomic E-state index is 12.9. The molecule has 1 aromatic rings. The van der Waals surface area contributed by atoms with E-state index in [1.165, 1.54) is 22.9 Å². The molecule has 1 saturated heterocycles. The van der Waals surface area contributed by atoms with Gasteiger partial charge in [-0.3, -0.25) is 14.4 Å². The van der Waals surface area contributed by atoms with Crippen molar-refractivity contribution in [2.45, 2.75) is 46.8 Å². The minimum Gasteiger partial charge on any atom is -0.427 e. The Kier molecular flexibility index (Phi) is 7.53. The average molecular weight is 510 g/mol. The molecule has 4 atom stereocenters. The van der Waals surface area contributed by atoms with E-state index in [1.54, 1.807) is 39.2 Å². The van der Waals surface area contributed by atoms with Crippen molar-refractivity contribution in [3.63, 3.8) is 0 Å². The minimum absolute atomic E-state index is 0.0722. The number of hydrogen-bond acceptors (Lipinski definition) is 10. The lowest BCUT2D eigenvalue weighted by Gasteiger charge is -2.46. The normalized spacial score (nSPS) is 23.1. The Labute approximate surface area is 205 Å². The molecule has 0 bridgehead atoms. The number of aromatic nitrogens is 1. The first-order valence-electron chi connectivity index (χ1n) is 10.5. The molecule has 3 rings (SSSR count). The predicted molar refractivity (Wildman–Crippen MR) is 126 cm³/mol. The standard InChI is InChI=1S/C22H27N3O7S2/c1-10-14-13(11(2)26)19(28)25(14)15(20(29)31-9-32-21(30)22(3,4)5)16(10)33-7-6-12-8-24-18(34-12)17(23)27/h6-8,10-11,13-14,26H,9H2,1-5H3,(H2,23,27)/t10-,11-,13-,14-/m1/s1. The van der Waals surface area contributed by atoms with E-state index in [-0.39, 0.29) is 28.6 Å². The number of aliphatic hydroxyl groups is 1. The summed E-state index contributed by atoms with van der Waals surface area (Å²) in [5.74, 6) is -3.17. The first-order chi connectivity index (χ1) is 15.8. The maximum Gasteiger partial charge on any atom is 0.358 e. The number of rotatable bonds is 8. The molecule has 0 spiro atoms. The molecular formula is C22H27N3O7S2. The summed E-state index contributed by atoms with van der Waals surface area (Å²) in [4.78, 5) is 55.4. The van der Waals surface area contributed by atoms with Gasteiger partial charge in [0.25, 0.3) is 5.91 Å². The van der Waals surface area contributed by atoms with Crippen LogP contribution in [0, 0.1) is 17.3 Å². The van der Waals surface area contributed by atoms with E-state index in [9.17, 15) is 24.3 Å². The summed E-state index contributed by atoms with van der Waals surface area (Å²) in [6.07, 6.45) is 2.35. The van der Waals surface area contributed by atoms with Crippen LogP contribution in [0.25, 0.3) is 6.08 Å². The number of carbonyl (C=O) groups is 4. The first kappa shape index (κ1) is 25.9. The van der Waals surface area contributed by atoms with Gasteiger partial charge in [-0.05, 0) is 39.2 Å². The molecular weight excluding hydrogens is 482 g/mol. The molecule has 12 heteroatoms. The molecule has 184 valence electrons. The molecule has 1 fully saturated rings. The SMILES string of the molecule is C[C@@H](O)[C@H]1C(=O)N2C(C(=O)OCOC(=O)C(C)(C)C)=C(SC=Cc3cnc(C(N)=O)s3)[C@H](C)[C@H]12. The number of nitrogens with zero attached hydrogens (tertiary/aromatic N) is 2. The zero-order valence-corrected chi connectivity index (χ0v) is 21.1. The highest BCUT2D eigenvalue weighted by molar-refractivity contribution is 8.06. The van der Waals surface area contributed by atoms with Crippen molar-refractivity contribution in [2.75, 3.05) is 6.79 Å². The topological polar surface area (TPSA) is 149 Å². The second-order valence-electron chi connectivity index (χ2n) is 9.05. The zero-order chi connectivity index (χ0) is 25.4. The van der Waals surface area contributed by atoms with Crippen molar-refractivity contribution >= 4 is 52.9 Å². The number of nitrogens with two attached hydrogens (primary N) is 1. The van der Waals surface area contributed by atoms with Crippen LogP contribution >= 0.6 is 23.1 Å². The van der Waals surface area contributed by atoms with Crippen LogP contribution < -0.4 is 5.73 Å². The third-order valence-corrected chi connectivity index (χ3v) is 7.52. The van der Waals surface area contributed by atoms with Crippen molar-refractivity contribution in [3.8, 4) is 0 Å². The van der Waals surface area contributed by atoms with Crippen molar-refractivity contribution in [1.29, 1.82) is 0 Å². The number of hydrogen-bond donors (Lipinski definition) is 2. The largest absolute Gasteiger partial charge is 0.427 e. The third-order valence-electron chi connectivity index (χ3n) is 5.46. The number of amides is 2. The molecule has 2 amide bonds. The molecule has 3 N–H and O–H groups in total. The molecule has 3 heterocycles. The predicted octanol–water partition coefficient (Wildman–Crippen LogP) is 2.10. The van der Waals surface area contributed by atoms with Gasteiger partial charge >= 0.3 is 11.9 Å². The molecule has 10 nitrogen and oxygen atoms in total. The molecule has 1 aromatic heterocycles. The molecule has 34 heavy (non-hydrogen) atoms. The van der Waals surface area contributed by atoms with Gasteiger partial charge in [0.2, 0.25) is 12.7 Å². The Morgan fingerprint density at radius 3 is 2.59 bits per heavy atom. The lowest BCUT2D eigenvalue weighted by atomic mass is 9.79. The summed E-state index contributed by atoms with van der Waals surface area (Å²) >= 11 is 2.35. The first-order valence-corrected chi connectivity index (χ1v) is 12.2. The van der Waals surface area contributed by atoms with E-state index >= 15 is 0 Å². The molecule has 0 aliphatic carbocycles. The summed E-state index contributed by atoms with van der Waals surface area (Å²) in [6.45, 7) is 7.86. The molecule has 0 radical (unpaired) electrons. The molecule has 2 aliphatic rings. The Morgan fingerprint density at radius 1 is 1.35 bits per heavy atom. The average Bonchev–Trinajstić information content (AvgIpc) is 3.29. The smallest absolute Gasteiger partial charge is 0.358 e. The summed E-state index contributed by atoms with van der Waals surface area (Å²) in [7, 11) is 0. The number of ether oxygens (including phenoxy) is 2. The fourth-order valence-corrected chi connectivity index (χ4v) is 5.51. The van der Waals surface area contributed by atoms with Gasteiger partial charge in [-0.25, -0.2) is 9.78 Å². The Morgan fingerprint density at radius 2 is 2.03 bits per heavy atom. The van der Waals surface area contributed by atoms with Crippen molar-refractivity contribution in [3.05, 3.63) is 32.1 Å². The number of β-lactam (4-membered cyclic amide) rings is 1. The summed E-state index contributed by atoms with van der Waals surface area (Å²) in [5, 5.41) is 12.0. The fraction of sp³-hybridized carbons (Fsp3) is 0.500. The van der Waals surface area contributed by atoms with Crippen LogP contribution in [0.4, 0.5) is 0 Å². The van der Waals surface area contributed by atoms with Crippen LogP contribution in [-0.4, -0.2) is 57.7 Å². The van der Waals surface area contributed by atoms with Gasteiger partial charge in [-0.1, -0.05) is 18.7 Å². The number of primary amides is 1. The van der Waals surface area contributed by atoms with Gasteiger partial charge in [-0.15, -0.1) is 11.3 Å². The van der Waals surface area contributed by atoms with Crippen LogP contribution in [0.1, 0.15) is 49.3 Å². The van der Waals surface area contributed by atoms with Gasteiger partial charge in [-0.2, -0.15) is 0 Å². The van der Waals surface area contributed by atoms with E-state index in [2.05, 4.69) is 4.98 Å². The number of carbonyl (C=O) groups excluding carboxylic acids is 4. The number of thiazole rings is 1. The monoisotopic (exact) mass is 509 g/mol. The zero-order valence-electron chi connectivity index (χ0n) is 19.4. The van der Waals surface area contributed by atoms with Crippen LogP contribution in [0.5, 0.6) is 0 Å². The van der Waals surface area contributed by atoms with Gasteiger partial charge in [0, 0.05) is 21.9 Å². The van der Waals surface area contributed by atoms with E-state index in [0.717, 1.165) is 11.3 Å². The molecule has 0 saturated carbocycles. The van der Waals surface area contributed by atoms with Gasteiger partial charge in [0.15, 0.2) is 5.01 Å². The summed E-state index contributed by atoms with van der Waals surface area (Å²) in [5.41, 5.74) is 4.54. The number of esters is 2. The highest BCUT2D eigenvalue weighted by Crippen LogP contribution is 2.51. The highest BCUT2D eigenvalue weighted by Gasteiger charge is 2.60. The number of aliphatic hydroxyl groups excluding tert-OH is 1. The van der Waals surface area contributed by atoms with Crippen molar-refractivity contribution in [1.82, 2.24) is 9.88 Å². The van der Waals surface area contributed by atoms with Crippen molar-refractivity contribution < 1.29 is 33.8 Å². The molecule has 2 aliphatic heterocycles. The van der Waals surface area contributed by atoms with E-state index in [4.69, 9.17) is 15.2 Å². The second-order valence-corrected chi connectivity index (χ2v) is 11.1. The number of thioether (sulfide) groups is 1.